The van der Waals surface area contributed by atoms with E-state index in [0.717, 1.165) is 11.4 Å². The summed E-state index contributed by atoms with van der Waals surface area (Å²) in [6.07, 6.45) is 0.0737. The molecular formula is C10H15N3O4. The van der Waals surface area contributed by atoms with Gasteiger partial charge in [0.2, 0.25) is 0 Å². The molecule has 1 aliphatic rings. The summed E-state index contributed by atoms with van der Waals surface area (Å²) in [4.78, 5) is 12.8. The van der Waals surface area contributed by atoms with Crippen LogP contribution in [0.3, 0.4) is 0 Å². The molecule has 0 aromatic carbocycles. The van der Waals surface area contributed by atoms with Crippen molar-refractivity contribution in [1.82, 2.24) is 15.2 Å². The van der Waals surface area contributed by atoms with Crippen molar-refractivity contribution < 1.29 is 19.3 Å². The van der Waals surface area contributed by atoms with Gasteiger partial charge in [-0.2, -0.15) is 0 Å². The van der Waals surface area contributed by atoms with Gasteiger partial charge in [0.25, 0.3) is 0 Å². The van der Waals surface area contributed by atoms with Crippen LogP contribution in [0, 0.1) is 6.92 Å². The highest BCUT2D eigenvalue weighted by Gasteiger charge is 2.26. The fourth-order valence-corrected chi connectivity index (χ4v) is 1.87. The van der Waals surface area contributed by atoms with E-state index in [1.807, 2.05) is 11.8 Å². The van der Waals surface area contributed by atoms with E-state index < -0.39 is 5.97 Å². The summed E-state index contributed by atoms with van der Waals surface area (Å²) in [6, 6.07) is -0.114. The summed E-state index contributed by atoms with van der Waals surface area (Å²) in [5.74, 6) is -0.819. The molecular weight excluding hydrogens is 226 g/mol. The van der Waals surface area contributed by atoms with Crippen molar-refractivity contribution in [1.29, 1.82) is 0 Å². The average molecular weight is 241 g/mol. The summed E-state index contributed by atoms with van der Waals surface area (Å²) in [7, 11) is 0. The number of carbonyl (C=O) groups is 1. The molecule has 0 spiro atoms. The normalized spacial score (nSPS) is 21.6. The highest BCUT2D eigenvalue weighted by atomic mass is 16.6. The van der Waals surface area contributed by atoms with Crippen LogP contribution in [-0.4, -0.2) is 52.1 Å². The van der Waals surface area contributed by atoms with Crippen molar-refractivity contribution in [3.05, 3.63) is 11.4 Å². The summed E-state index contributed by atoms with van der Waals surface area (Å²) in [5.41, 5.74) is 1.49. The molecule has 94 valence electrons. The molecule has 2 heterocycles. The summed E-state index contributed by atoms with van der Waals surface area (Å²) < 4.78 is 9.93. The first-order chi connectivity index (χ1) is 8.16. The predicted molar refractivity (Wildman–Crippen MR) is 56.3 cm³/mol. The molecule has 1 N–H and O–H groups in total. The van der Waals surface area contributed by atoms with Crippen LogP contribution in [0.15, 0.2) is 4.63 Å². The Hall–Kier alpha value is -1.47. The second-order valence-electron chi connectivity index (χ2n) is 4.09. The summed E-state index contributed by atoms with van der Waals surface area (Å²) in [6.45, 7) is 4.12. The number of hydrogen-bond donors (Lipinski definition) is 1. The number of morpholine rings is 1. The Labute approximate surface area is 98.3 Å². The van der Waals surface area contributed by atoms with Crippen LogP contribution in [0.4, 0.5) is 0 Å². The van der Waals surface area contributed by atoms with E-state index in [1.165, 1.54) is 0 Å². The Kier molecular flexibility index (Phi) is 3.70. The van der Waals surface area contributed by atoms with E-state index in [9.17, 15) is 4.79 Å². The number of nitrogens with zero attached hydrogens (tertiary/aromatic N) is 3. The first-order valence-corrected chi connectivity index (χ1v) is 5.48. The number of aromatic nitrogens is 2. The molecule has 1 aromatic heterocycles. The minimum Gasteiger partial charge on any atom is -0.481 e. The first-order valence-electron chi connectivity index (χ1n) is 5.48. The third-order valence-electron chi connectivity index (χ3n) is 2.86. The summed E-state index contributed by atoms with van der Waals surface area (Å²) >= 11 is 0. The van der Waals surface area contributed by atoms with Crippen molar-refractivity contribution >= 4 is 5.97 Å². The largest absolute Gasteiger partial charge is 0.481 e. The van der Waals surface area contributed by atoms with Crippen molar-refractivity contribution in [3.63, 3.8) is 0 Å². The van der Waals surface area contributed by atoms with E-state index in [0.29, 0.717) is 26.3 Å². The lowest BCUT2D eigenvalue weighted by atomic mass is 10.1. The van der Waals surface area contributed by atoms with E-state index in [1.54, 1.807) is 0 Å². The van der Waals surface area contributed by atoms with Gasteiger partial charge in [-0.25, -0.2) is 4.63 Å². The molecule has 0 radical (unpaired) electrons. The Morgan fingerprint density at radius 2 is 2.41 bits per heavy atom. The predicted octanol–water partition coefficient (Wildman–Crippen LogP) is 0.0535. The number of aliphatic carboxylic acids is 1. The van der Waals surface area contributed by atoms with Gasteiger partial charge < -0.3 is 9.84 Å². The van der Waals surface area contributed by atoms with E-state index in [4.69, 9.17) is 9.84 Å². The van der Waals surface area contributed by atoms with Crippen LogP contribution in [0.1, 0.15) is 17.8 Å². The molecule has 0 saturated carbocycles. The molecule has 0 amide bonds. The minimum absolute atomic E-state index is 0.0737. The molecule has 0 bridgehead atoms. The van der Waals surface area contributed by atoms with E-state index in [2.05, 4.69) is 14.9 Å². The monoisotopic (exact) mass is 241 g/mol. The van der Waals surface area contributed by atoms with Crippen LogP contribution in [0.25, 0.3) is 0 Å². The molecule has 0 aliphatic carbocycles. The van der Waals surface area contributed by atoms with Crippen LogP contribution < -0.4 is 0 Å². The third-order valence-corrected chi connectivity index (χ3v) is 2.86. The number of ether oxygens (including phenoxy) is 1. The van der Waals surface area contributed by atoms with Gasteiger partial charge in [0.15, 0.2) is 0 Å². The third kappa shape index (κ3) is 3.01. The van der Waals surface area contributed by atoms with Crippen molar-refractivity contribution in [3.8, 4) is 0 Å². The Balaban J connectivity index is 2.01. The van der Waals surface area contributed by atoms with Crippen LogP contribution in [-0.2, 0) is 16.1 Å². The SMILES string of the molecule is Cc1nonc1CN1CCOCC1CC(=O)O. The van der Waals surface area contributed by atoms with Gasteiger partial charge in [0.05, 0.1) is 19.6 Å². The number of hydrogen-bond acceptors (Lipinski definition) is 6. The maximum Gasteiger partial charge on any atom is 0.305 e. The average Bonchev–Trinajstić information content (AvgIpc) is 2.67. The Morgan fingerprint density at radius 1 is 1.59 bits per heavy atom. The lowest BCUT2D eigenvalue weighted by Gasteiger charge is -2.34. The van der Waals surface area contributed by atoms with Crippen molar-refractivity contribution in [2.24, 2.45) is 0 Å². The highest BCUT2D eigenvalue weighted by Crippen LogP contribution is 2.15. The number of carboxylic acid groups (broad SMARTS) is 1. The molecule has 7 heteroatoms. The Morgan fingerprint density at radius 3 is 3.06 bits per heavy atom. The zero-order valence-electron chi connectivity index (χ0n) is 9.63. The Bertz CT molecular complexity index is 393. The second kappa shape index (κ2) is 5.24. The van der Waals surface area contributed by atoms with Crippen molar-refractivity contribution in [2.45, 2.75) is 25.9 Å². The van der Waals surface area contributed by atoms with Gasteiger partial charge in [-0.15, -0.1) is 0 Å². The quantitative estimate of drug-likeness (QED) is 0.796. The minimum atomic E-state index is -0.819. The fourth-order valence-electron chi connectivity index (χ4n) is 1.87. The van der Waals surface area contributed by atoms with Gasteiger partial charge in [0, 0.05) is 19.1 Å². The second-order valence-corrected chi connectivity index (χ2v) is 4.09. The van der Waals surface area contributed by atoms with Crippen molar-refractivity contribution in [2.75, 3.05) is 19.8 Å². The fraction of sp³-hybridized carbons (Fsp3) is 0.700. The molecule has 1 aromatic rings. The number of aryl methyl sites for hydroxylation is 1. The molecule has 1 atom stereocenters. The van der Waals surface area contributed by atoms with Crippen LogP contribution in [0.2, 0.25) is 0 Å². The number of rotatable bonds is 4. The molecule has 1 aliphatic heterocycles. The standard InChI is InChI=1S/C10H15N3O4/c1-7-9(12-17-11-7)5-13-2-3-16-6-8(13)4-10(14)15/h8H,2-6H2,1H3,(H,14,15). The molecule has 17 heavy (non-hydrogen) atoms. The van der Waals surface area contributed by atoms with Gasteiger partial charge in [0.1, 0.15) is 11.4 Å². The van der Waals surface area contributed by atoms with Gasteiger partial charge >= 0.3 is 5.97 Å². The smallest absolute Gasteiger partial charge is 0.305 e. The molecule has 1 saturated heterocycles. The van der Waals surface area contributed by atoms with Crippen LogP contribution >= 0.6 is 0 Å². The maximum atomic E-state index is 10.8. The maximum absolute atomic E-state index is 10.8. The zero-order valence-corrected chi connectivity index (χ0v) is 9.63. The van der Waals surface area contributed by atoms with Gasteiger partial charge in [-0.1, -0.05) is 10.3 Å². The topological polar surface area (TPSA) is 88.7 Å². The highest BCUT2D eigenvalue weighted by molar-refractivity contribution is 5.67. The van der Waals surface area contributed by atoms with E-state index >= 15 is 0 Å². The number of carboxylic acids is 1. The lowest BCUT2D eigenvalue weighted by molar-refractivity contribution is -0.140. The van der Waals surface area contributed by atoms with E-state index in [-0.39, 0.29) is 12.5 Å². The van der Waals surface area contributed by atoms with Gasteiger partial charge in [-0.3, -0.25) is 9.69 Å². The first kappa shape index (κ1) is 12.0. The zero-order chi connectivity index (χ0) is 12.3. The molecule has 7 nitrogen and oxygen atoms in total. The molecule has 1 fully saturated rings. The van der Waals surface area contributed by atoms with Gasteiger partial charge in [-0.05, 0) is 6.92 Å². The summed E-state index contributed by atoms with van der Waals surface area (Å²) in [5, 5.41) is 16.4. The molecule has 2 rings (SSSR count). The molecule has 1 unspecified atom stereocenters. The lowest BCUT2D eigenvalue weighted by Crippen LogP contribution is -2.46. The van der Waals surface area contributed by atoms with Crippen LogP contribution in [0.5, 0.6) is 0 Å².